The SMILES string of the molecule is Cc1ccc(C2C(C#N)=C(N)N(c3nnc(SCC(=O)Nc4ccccc4C(N)=O)s3)C3=C2C(=O)CCC3)s1. The number of primary amides is 1. The highest BCUT2D eigenvalue weighted by atomic mass is 32.2. The number of nitrogens with two attached hydrogens (primary N) is 2. The molecule has 0 bridgehead atoms. The van der Waals surface area contributed by atoms with E-state index in [1.807, 2.05) is 19.1 Å². The average molecular weight is 578 g/mol. The number of rotatable bonds is 7. The molecule has 0 fully saturated rings. The third-order valence-electron chi connectivity index (χ3n) is 6.34. The van der Waals surface area contributed by atoms with E-state index in [4.69, 9.17) is 11.5 Å². The molecule has 13 heteroatoms. The summed E-state index contributed by atoms with van der Waals surface area (Å²) in [5, 5.41) is 21.7. The maximum absolute atomic E-state index is 13.2. The molecule has 5 N–H and O–H groups in total. The second-order valence-corrected chi connectivity index (χ2v) is 12.4. The first-order valence-electron chi connectivity index (χ1n) is 12.0. The number of carbonyl (C=O) groups is 3. The number of allylic oxidation sites excluding steroid dienone is 3. The molecule has 1 unspecified atom stereocenters. The van der Waals surface area contributed by atoms with Gasteiger partial charge in [0.25, 0.3) is 5.91 Å². The Hall–Kier alpha value is -3.99. The molecule has 1 atom stereocenters. The van der Waals surface area contributed by atoms with E-state index >= 15 is 0 Å². The summed E-state index contributed by atoms with van der Waals surface area (Å²) in [7, 11) is 0. The third-order valence-corrected chi connectivity index (χ3v) is 9.45. The zero-order chi connectivity index (χ0) is 27.7. The number of aryl methyl sites for hydroxylation is 1. The van der Waals surface area contributed by atoms with Crippen molar-refractivity contribution >= 4 is 62.9 Å². The van der Waals surface area contributed by atoms with E-state index in [1.54, 1.807) is 34.4 Å². The quantitative estimate of drug-likeness (QED) is 0.351. The Balaban J connectivity index is 1.40. The van der Waals surface area contributed by atoms with Gasteiger partial charge in [-0.3, -0.25) is 19.3 Å². The predicted octanol–water partition coefficient (Wildman–Crippen LogP) is 4.04. The Morgan fingerprint density at radius 2 is 2.00 bits per heavy atom. The van der Waals surface area contributed by atoms with Crippen molar-refractivity contribution in [3.05, 3.63) is 74.4 Å². The second-order valence-electron chi connectivity index (χ2n) is 8.86. The highest BCUT2D eigenvalue weighted by molar-refractivity contribution is 8.01. The minimum Gasteiger partial charge on any atom is -0.384 e. The van der Waals surface area contributed by atoms with Crippen LogP contribution in [0.4, 0.5) is 10.8 Å². The average Bonchev–Trinajstić information content (AvgIpc) is 3.56. The molecule has 2 amide bonds. The van der Waals surface area contributed by atoms with Crippen molar-refractivity contribution in [2.45, 2.75) is 36.4 Å². The van der Waals surface area contributed by atoms with Crippen molar-refractivity contribution in [1.29, 1.82) is 5.26 Å². The lowest BCUT2D eigenvalue weighted by atomic mass is 9.78. The van der Waals surface area contributed by atoms with Crippen LogP contribution in [0.2, 0.25) is 0 Å². The molecular formula is C26H23N7O3S3. The van der Waals surface area contributed by atoms with Crippen molar-refractivity contribution < 1.29 is 14.4 Å². The molecular weight excluding hydrogens is 555 g/mol. The summed E-state index contributed by atoms with van der Waals surface area (Å²) in [5.74, 6) is -1.22. The van der Waals surface area contributed by atoms with Crippen LogP contribution in [0.3, 0.4) is 0 Å². The van der Waals surface area contributed by atoms with Crippen molar-refractivity contribution in [2.24, 2.45) is 11.5 Å². The highest BCUT2D eigenvalue weighted by Gasteiger charge is 2.41. The van der Waals surface area contributed by atoms with Gasteiger partial charge in [-0.2, -0.15) is 5.26 Å². The van der Waals surface area contributed by atoms with Gasteiger partial charge < -0.3 is 16.8 Å². The van der Waals surface area contributed by atoms with Gasteiger partial charge >= 0.3 is 0 Å². The van der Waals surface area contributed by atoms with E-state index in [2.05, 4.69) is 21.6 Å². The first-order valence-corrected chi connectivity index (χ1v) is 14.6. The summed E-state index contributed by atoms with van der Waals surface area (Å²) in [6, 6.07) is 12.7. The maximum atomic E-state index is 13.2. The number of para-hydroxylation sites is 1. The van der Waals surface area contributed by atoms with Gasteiger partial charge in [-0.05, 0) is 44.0 Å². The summed E-state index contributed by atoms with van der Waals surface area (Å²) < 4.78 is 0.509. The van der Waals surface area contributed by atoms with Crippen LogP contribution in [0.5, 0.6) is 0 Å². The fraction of sp³-hybridized carbons (Fsp3) is 0.231. The van der Waals surface area contributed by atoms with Crippen LogP contribution in [-0.2, 0) is 9.59 Å². The number of Topliss-reactive ketones (excluding diaryl/α,β-unsaturated/α-hetero) is 1. The molecule has 2 aromatic heterocycles. The molecule has 198 valence electrons. The number of hydrogen-bond donors (Lipinski definition) is 3. The fourth-order valence-electron chi connectivity index (χ4n) is 4.67. The van der Waals surface area contributed by atoms with Gasteiger partial charge in [0.1, 0.15) is 5.82 Å². The van der Waals surface area contributed by atoms with Crippen LogP contribution in [0.1, 0.15) is 45.3 Å². The number of carbonyl (C=O) groups excluding carboxylic acids is 3. The number of thioether (sulfide) groups is 1. The zero-order valence-corrected chi connectivity index (χ0v) is 23.2. The van der Waals surface area contributed by atoms with E-state index in [0.717, 1.165) is 15.5 Å². The lowest BCUT2D eigenvalue weighted by Crippen LogP contribution is -2.38. The van der Waals surface area contributed by atoms with Crippen LogP contribution in [0, 0.1) is 18.3 Å². The Labute approximate surface area is 236 Å². The largest absolute Gasteiger partial charge is 0.384 e. The molecule has 0 radical (unpaired) electrons. The minimum atomic E-state index is -0.637. The number of hydrogen-bond acceptors (Lipinski definition) is 11. The maximum Gasteiger partial charge on any atom is 0.250 e. The Kier molecular flexibility index (Phi) is 7.51. The second kappa shape index (κ2) is 11.0. The van der Waals surface area contributed by atoms with Crippen molar-refractivity contribution in [3.8, 4) is 6.07 Å². The normalized spacial score (nSPS) is 17.2. The molecule has 2 aliphatic rings. The van der Waals surface area contributed by atoms with Crippen LogP contribution in [0.15, 0.2) is 63.4 Å². The van der Waals surface area contributed by atoms with Gasteiger partial charge in [-0.25, -0.2) is 0 Å². The van der Waals surface area contributed by atoms with Crippen molar-refractivity contribution in [2.75, 3.05) is 16.0 Å². The number of ketones is 1. The van der Waals surface area contributed by atoms with E-state index in [9.17, 15) is 19.6 Å². The number of thiophene rings is 1. The molecule has 0 spiro atoms. The summed E-state index contributed by atoms with van der Waals surface area (Å²) in [6.07, 6.45) is 1.70. The summed E-state index contributed by atoms with van der Waals surface area (Å²) in [4.78, 5) is 41.0. The number of nitrogens with one attached hydrogen (secondary N) is 1. The number of nitrogens with zero attached hydrogens (tertiary/aromatic N) is 4. The molecule has 1 aromatic carbocycles. The number of benzene rings is 1. The predicted molar refractivity (Wildman–Crippen MR) is 151 cm³/mol. The van der Waals surface area contributed by atoms with Gasteiger partial charge in [-0.1, -0.05) is 35.2 Å². The summed E-state index contributed by atoms with van der Waals surface area (Å²) in [5.41, 5.74) is 14.2. The molecule has 1 aliphatic heterocycles. The molecule has 3 heterocycles. The monoisotopic (exact) mass is 577 g/mol. The van der Waals surface area contributed by atoms with E-state index in [1.165, 1.54) is 29.2 Å². The molecule has 0 saturated heterocycles. The van der Waals surface area contributed by atoms with E-state index in [0.29, 0.717) is 45.6 Å². The molecule has 3 aromatic rings. The molecule has 10 nitrogen and oxygen atoms in total. The fourth-order valence-corrected chi connectivity index (χ4v) is 7.35. The number of nitriles is 1. The number of aromatic nitrogens is 2. The van der Waals surface area contributed by atoms with Gasteiger partial charge in [0.15, 0.2) is 10.1 Å². The standard InChI is InChI=1S/C26H23N7O3S3/c1-13-9-10-19(38-13)21-15(11-27)23(28)33(17-7-4-8-18(34)22(17)21)25-31-32-26(39-25)37-12-20(35)30-16-6-3-2-5-14(16)24(29)36/h2-3,5-6,9-10,21H,4,7-8,12,28H2,1H3,(H2,29,36)(H,30,35). The first-order chi connectivity index (χ1) is 18.8. The van der Waals surface area contributed by atoms with Crippen molar-refractivity contribution in [3.63, 3.8) is 0 Å². The smallest absolute Gasteiger partial charge is 0.250 e. The number of amides is 2. The van der Waals surface area contributed by atoms with Gasteiger partial charge in [0.2, 0.25) is 11.0 Å². The lowest BCUT2D eigenvalue weighted by Gasteiger charge is -2.37. The molecule has 5 rings (SSSR count). The Morgan fingerprint density at radius 3 is 2.72 bits per heavy atom. The van der Waals surface area contributed by atoms with Crippen LogP contribution < -0.4 is 21.7 Å². The number of anilines is 2. The van der Waals surface area contributed by atoms with Gasteiger partial charge in [-0.15, -0.1) is 21.5 Å². The molecule has 0 saturated carbocycles. The van der Waals surface area contributed by atoms with Gasteiger partial charge in [0, 0.05) is 27.4 Å². The third kappa shape index (κ3) is 5.18. The Morgan fingerprint density at radius 1 is 1.21 bits per heavy atom. The minimum absolute atomic E-state index is 0.00424. The summed E-state index contributed by atoms with van der Waals surface area (Å²) >= 11 is 3.94. The van der Waals surface area contributed by atoms with Crippen molar-refractivity contribution in [1.82, 2.24) is 10.2 Å². The van der Waals surface area contributed by atoms with Crippen LogP contribution >= 0.6 is 34.4 Å². The molecule has 39 heavy (non-hydrogen) atoms. The lowest BCUT2D eigenvalue weighted by molar-refractivity contribution is -0.116. The molecule has 1 aliphatic carbocycles. The Bertz CT molecular complexity index is 1600. The van der Waals surface area contributed by atoms with E-state index in [-0.39, 0.29) is 28.8 Å². The van der Waals surface area contributed by atoms with Gasteiger partial charge in [0.05, 0.1) is 34.6 Å². The van der Waals surface area contributed by atoms with Crippen LogP contribution in [-0.4, -0.2) is 33.5 Å². The topological polar surface area (TPSA) is 168 Å². The first kappa shape index (κ1) is 26.6. The summed E-state index contributed by atoms with van der Waals surface area (Å²) in [6.45, 7) is 1.98. The highest BCUT2D eigenvalue weighted by Crippen LogP contribution is 2.48. The van der Waals surface area contributed by atoms with E-state index < -0.39 is 11.8 Å². The van der Waals surface area contributed by atoms with Crippen LogP contribution in [0.25, 0.3) is 0 Å². The zero-order valence-electron chi connectivity index (χ0n) is 20.8.